The third kappa shape index (κ3) is 9.03. The van der Waals surface area contributed by atoms with E-state index in [9.17, 15) is 29.0 Å². The quantitative estimate of drug-likeness (QED) is 0.201. The minimum absolute atomic E-state index is 0.112. The molecule has 0 unspecified atom stereocenters. The van der Waals surface area contributed by atoms with Crippen molar-refractivity contribution in [1.29, 1.82) is 0 Å². The molecule has 8 heteroatoms. The Kier molecular flexibility index (Phi) is 10.9. The molecular formula is C34H36FNO6. The van der Waals surface area contributed by atoms with Gasteiger partial charge in [-0.1, -0.05) is 36.4 Å². The van der Waals surface area contributed by atoms with E-state index in [2.05, 4.69) is 6.08 Å². The summed E-state index contributed by atoms with van der Waals surface area (Å²) < 4.78 is 20.2. The van der Waals surface area contributed by atoms with Gasteiger partial charge in [0, 0.05) is 25.1 Å². The fourth-order valence-corrected chi connectivity index (χ4v) is 5.07. The average molecular weight is 574 g/mol. The number of nitrogens with zero attached hydrogens (tertiary/aromatic N) is 1. The van der Waals surface area contributed by atoms with Crippen LogP contribution >= 0.6 is 0 Å². The topological polar surface area (TPSA) is 104 Å². The number of ether oxygens (including phenoxy) is 1. The van der Waals surface area contributed by atoms with Gasteiger partial charge in [0.15, 0.2) is 0 Å². The molecule has 42 heavy (non-hydrogen) atoms. The number of hydrogen-bond acceptors (Lipinski definition) is 4. The summed E-state index contributed by atoms with van der Waals surface area (Å²) in [6.07, 6.45) is 9.16. The van der Waals surface area contributed by atoms with Gasteiger partial charge in [-0.05, 0) is 98.0 Å². The van der Waals surface area contributed by atoms with E-state index in [1.54, 1.807) is 30.3 Å². The van der Waals surface area contributed by atoms with Crippen LogP contribution in [0.15, 0.2) is 72.8 Å². The first-order valence-electron chi connectivity index (χ1n) is 14.3. The Labute approximate surface area is 245 Å². The number of carbonyl (C=O) groups is 3. The van der Waals surface area contributed by atoms with Gasteiger partial charge in [-0.3, -0.25) is 4.79 Å². The van der Waals surface area contributed by atoms with E-state index in [1.807, 2.05) is 35.2 Å². The van der Waals surface area contributed by atoms with Gasteiger partial charge in [-0.25, -0.2) is 14.0 Å². The molecule has 1 amide bonds. The highest BCUT2D eigenvalue weighted by Gasteiger charge is 2.19. The first-order chi connectivity index (χ1) is 20.3. The predicted molar refractivity (Wildman–Crippen MR) is 158 cm³/mol. The SMILES string of the molecule is O=C(O)c1ccc(CCC(C=Cc2cc(F)ccc2OCCCN2CCCC2=O)CCc2ccc(C(=O)O)cc2)cc1. The lowest BCUT2D eigenvalue weighted by atomic mass is 9.91. The van der Waals surface area contributed by atoms with Crippen LogP contribution < -0.4 is 4.74 Å². The Morgan fingerprint density at radius 3 is 2.02 bits per heavy atom. The van der Waals surface area contributed by atoms with E-state index in [0.29, 0.717) is 37.3 Å². The smallest absolute Gasteiger partial charge is 0.335 e. The molecule has 1 heterocycles. The van der Waals surface area contributed by atoms with Crippen LogP contribution in [-0.4, -0.2) is 52.7 Å². The van der Waals surface area contributed by atoms with Crippen LogP contribution in [0.4, 0.5) is 4.39 Å². The Balaban J connectivity index is 1.43. The fraction of sp³-hybridized carbons (Fsp3) is 0.324. The first-order valence-corrected chi connectivity index (χ1v) is 14.3. The van der Waals surface area contributed by atoms with Gasteiger partial charge in [-0.2, -0.15) is 0 Å². The molecule has 2 N–H and O–H groups in total. The van der Waals surface area contributed by atoms with Gasteiger partial charge in [0.2, 0.25) is 5.91 Å². The van der Waals surface area contributed by atoms with E-state index in [0.717, 1.165) is 49.8 Å². The number of allylic oxidation sites excluding steroid dienone is 1. The molecule has 1 aliphatic rings. The molecule has 0 spiro atoms. The van der Waals surface area contributed by atoms with Crippen LogP contribution in [0.1, 0.15) is 69.5 Å². The highest BCUT2D eigenvalue weighted by molar-refractivity contribution is 5.88. The molecule has 0 atom stereocenters. The number of hydrogen-bond donors (Lipinski definition) is 2. The van der Waals surface area contributed by atoms with Crippen LogP contribution in [0.2, 0.25) is 0 Å². The summed E-state index contributed by atoms with van der Waals surface area (Å²) in [6, 6.07) is 18.1. The molecular weight excluding hydrogens is 537 g/mol. The van der Waals surface area contributed by atoms with Crippen molar-refractivity contribution in [1.82, 2.24) is 4.90 Å². The van der Waals surface area contributed by atoms with E-state index < -0.39 is 11.9 Å². The summed E-state index contributed by atoms with van der Waals surface area (Å²) >= 11 is 0. The summed E-state index contributed by atoms with van der Waals surface area (Å²) in [4.78, 5) is 36.1. The van der Waals surface area contributed by atoms with Gasteiger partial charge in [-0.15, -0.1) is 0 Å². The number of carboxylic acid groups (broad SMARTS) is 2. The Hall–Kier alpha value is -4.46. The summed E-state index contributed by atoms with van der Waals surface area (Å²) in [7, 11) is 0. The number of benzene rings is 3. The Morgan fingerprint density at radius 1 is 0.905 bits per heavy atom. The largest absolute Gasteiger partial charge is 0.493 e. The summed E-state index contributed by atoms with van der Waals surface area (Å²) in [5, 5.41) is 18.3. The number of rotatable bonds is 15. The van der Waals surface area contributed by atoms with Crippen molar-refractivity contribution in [3.05, 3.63) is 106 Å². The average Bonchev–Trinajstić information content (AvgIpc) is 3.40. The lowest BCUT2D eigenvalue weighted by Gasteiger charge is -2.16. The normalized spacial score (nSPS) is 13.3. The minimum Gasteiger partial charge on any atom is -0.493 e. The van der Waals surface area contributed by atoms with E-state index in [1.165, 1.54) is 12.1 Å². The maximum atomic E-state index is 14.2. The molecule has 1 saturated heterocycles. The fourth-order valence-electron chi connectivity index (χ4n) is 5.07. The maximum absolute atomic E-state index is 14.2. The summed E-state index contributed by atoms with van der Waals surface area (Å²) in [6.45, 7) is 1.85. The molecule has 4 rings (SSSR count). The highest BCUT2D eigenvalue weighted by Crippen LogP contribution is 2.25. The van der Waals surface area contributed by atoms with Crippen LogP contribution in [0.5, 0.6) is 5.75 Å². The van der Waals surface area contributed by atoms with Gasteiger partial charge < -0.3 is 19.8 Å². The second-order valence-corrected chi connectivity index (χ2v) is 10.6. The third-order valence-electron chi connectivity index (χ3n) is 7.53. The number of halogens is 1. The maximum Gasteiger partial charge on any atom is 0.335 e. The molecule has 7 nitrogen and oxygen atoms in total. The molecule has 220 valence electrons. The lowest BCUT2D eigenvalue weighted by molar-refractivity contribution is -0.127. The molecule has 0 aromatic heterocycles. The number of carboxylic acids is 2. The van der Waals surface area contributed by atoms with E-state index in [-0.39, 0.29) is 28.8 Å². The van der Waals surface area contributed by atoms with E-state index >= 15 is 0 Å². The highest BCUT2D eigenvalue weighted by atomic mass is 19.1. The van der Waals surface area contributed by atoms with Crippen LogP contribution in [0.25, 0.3) is 6.08 Å². The zero-order valence-electron chi connectivity index (χ0n) is 23.5. The predicted octanol–water partition coefficient (Wildman–Crippen LogP) is 6.51. The Morgan fingerprint density at radius 2 is 1.50 bits per heavy atom. The second kappa shape index (κ2) is 15.0. The van der Waals surface area contributed by atoms with Crippen molar-refractivity contribution in [2.75, 3.05) is 19.7 Å². The third-order valence-corrected chi connectivity index (χ3v) is 7.53. The molecule has 1 fully saturated rings. The second-order valence-electron chi connectivity index (χ2n) is 10.6. The number of amides is 1. The van der Waals surface area contributed by atoms with Crippen molar-refractivity contribution < 1.29 is 33.7 Å². The van der Waals surface area contributed by atoms with Gasteiger partial charge in [0.25, 0.3) is 0 Å². The first kappa shape index (κ1) is 30.5. The molecule has 0 aliphatic carbocycles. The molecule has 0 bridgehead atoms. The molecule has 0 saturated carbocycles. The van der Waals surface area contributed by atoms with Gasteiger partial charge in [0.1, 0.15) is 11.6 Å². The zero-order valence-corrected chi connectivity index (χ0v) is 23.5. The van der Waals surface area contributed by atoms with Crippen molar-refractivity contribution in [3.63, 3.8) is 0 Å². The molecule has 0 radical (unpaired) electrons. The van der Waals surface area contributed by atoms with Gasteiger partial charge >= 0.3 is 11.9 Å². The lowest BCUT2D eigenvalue weighted by Crippen LogP contribution is -2.26. The van der Waals surface area contributed by atoms with Gasteiger partial charge in [0.05, 0.1) is 17.7 Å². The van der Waals surface area contributed by atoms with E-state index in [4.69, 9.17) is 4.74 Å². The standard InChI is InChI=1S/C34H36FNO6/c35-30-18-19-31(42-22-2-21-36-20-1-3-32(36)37)29(23-30)17-12-24(4-6-25-8-13-27(14-9-25)33(38)39)5-7-26-10-15-28(16-11-26)34(40)41/h8-19,23-24H,1-7,20-22H2,(H,38,39)(H,40,41). The number of carbonyl (C=O) groups excluding carboxylic acids is 1. The minimum atomic E-state index is -0.964. The summed E-state index contributed by atoms with van der Waals surface area (Å²) in [5.41, 5.74) is 3.16. The Bertz CT molecular complexity index is 1340. The number of aryl methyl sites for hydroxylation is 2. The van der Waals surface area contributed by atoms with Crippen molar-refractivity contribution in [3.8, 4) is 5.75 Å². The van der Waals surface area contributed by atoms with Crippen LogP contribution in [0.3, 0.4) is 0 Å². The monoisotopic (exact) mass is 573 g/mol. The van der Waals surface area contributed by atoms with Crippen LogP contribution in [-0.2, 0) is 17.6 Å². The molecule has 3 aromatic rings. The van der Waals surface area contributed by atoms with Crippen LogP contribution in [0, 0.1) is 11.7 Å². The molecule has 3 aromatic carbocycles. The van der Waals surface area contributed by atoms with Crippen molar-refractivity contribution in [2.45, 2.75) is 44.9 Å². The summed E-state index contributed by atoms with van der Waals surface area (Å²) in [5.74, 6) is -1.42. The van der Waals surface area contributed by atoms with Crippen molar-refractivity contribution >= 4 is 23.9 Å². The zero-order chi connectivity index (χ0) is 29.9. The molecule has 1 aliphatic heterocycles. The number of likely N-dealkylation sites (tertiary alicyclic amines) is 1. The number of aromatic carboxylic acids is 2. The van der Waals surface area contributed by atoms with Crippen molar-refractivity contribution in [2.24, 2.45) is 5.92 Å².